The first-order valence-corrected chi connectivity index (χ1v) is 8.76. The number of carbonyl (C=O) groups excluding carboxylic acids is 1. The van der Waals surface area contributed by atoms with Gasteiger partial charge in [0.25, 0.3) is 0 Å². The van der Waals surface area contributed by atoms with E-state index in [2.05, 4.69) is 0 Å². The Labute approximate surface area is 139 Å². The topological polar surface area (TPSA) is 37.3 Å². The summed E-state index contributed by atoms with van der Waals surface area (Å²) in [6.45, 7) is 0. The molecule has 7 heteroatoms. The Morgan fingerprint density at radius 3 is 2.43 bits per heavy atom. The number of thiophene rings is 1. The lowest BCUT2D eigenvalue weighted by Gasteiger charge is -2.36. The predicted molar refractivity (Wildman–Crippen MR) is 84.8 cm³/mol. The average molecular weight is 358 g/mol. The Bertz CT molecular complexity index is 685. The van der Waals surface area contributed by atoms with E-state index in [0.29, 0.717) is 11.8 Å². The second kappa shape index (κ2) is 5.96. The molecule has 1 saturated heterocycles. The summed E-state index contributed by atoms with van der Waals surface area (Å²) in [6, 6.07) is 10.5. The van der Waals surface area contributed by atoms with Crippen LogP contribution in [0.1, 0.15) is 15.2 Å². The first-order valence-electron chi connectivity index (χ1n) is 6.90. The summed E-state index contributed by atoms with van der Waals surface area (Å²) >= 11 is 1.69. The fraction of sp³-hybridized carbons (Fsp3) is 0.312. The predicted octanol–water partition coefficient (Wildman–Crippen LogP) is 4.11. The number of hydrogen-bond donors (Lipinski definition) is 1. The third-order valence-corrected chi connectivity index (χ3v) is 6.54. The summed E-state index contributed by atoms with van der Waals surface area (Å²) in [5.74, 6) is -2.33. The second-order valence-corrected chi connectivity index (χ2v) is 7.51. The normalized spacial score (nSPS) is 28.0. The minimum absolute atomic E-state index is 0.00366. The van der Waals surface area contributed by atoms with Gasteiger partial charge in [0, 0.05) is 5.75 Å². The summed E-state index contributed by atoms with van der Waals surface area (Å²) in [6.07, 6.45) is -6.00. The smallest absolute Gasteiger partial charge is 0.391 e. The zero-order valence-electron chi connectivity index (χ0n) is 11.8. The van der Waals surface area contributed by atoms with Gasteiger partial charge in [0.05, 0.1) is 16.9 Å². The molecule has 0 aliphatic carbocycles. The number of hydrogen-bond acceptors (Lipinski definition) is 4. The van der Waals surface area contributed by atoms with Gasteiger partial charge >= 0.3 is 6.18 Å². The molecule has 0 radical (unpaired) electrons. The van der Waals surface area contributed by atoms with E-state index in [4.69, 9.17) is 0 Å². The highest BCUT2D eigenvalue weighted by molar-refractivity contribution is 8.00. The minimum Gasteiger partial charge on any atom is -0.391 e. The second-order valence-electron chi connectivity index (χ2n) is 5.30. The number of thioether (sulfide) groups is 1. The zero-order chi connectivity index (χ0) is 16.7. The van der Waals surface area contributed by atoms with Crippen molar-refractivity contribution in [2.75, 3.05) is 5.75 Å². The first kappa shape index (κ1) is 16.5. The average Bonchev–Trinajstić information content (AvgIpc) is 3.15. The van der Waals surface area contributed by atoms with Crippen molar-refractivity contribution in [3.8, 4) is 0 Å². The van der Waals surface area contributed by atoms with Crippen molar-refractivity contribution in [1.82, 2.24) is 0 Å². The van der Waals surface area contributed by atoms with Gasteiger partial charge in [-0.15, -0.1) is 23.1 Å². The van der Waals surface area contributed by atoms with Gasteiger partial charge in [0.2, 0.25) is 0 Å². The molecule has 1 aromatic heterocycles. The zero-order valence-corrected chi connectivity index (χ0v) is 13.4. The number of halogens is 3. The van der Waals surface area contributed by atoms with Gasteiger partial charge in [-0.1, -0.05) is 36.4 Å². The maximum absolute atomic E-state index is 14.0. The molecule has 1 aliphatic heterocycles. The van der Waals surface area contributed by atoms with E-state index in [9.17, 15) is 23.1 Å². The van der Waals surface area contributed by atoms with Gasteiger partial charge in [0.1, 0.15) is 4.75 Å². The van der Waals surface area contributed by atoms with Crippen LogP contribution in [0.25, 0.3) is 0 Å². The molecule has 0 bridgehead atoms. The quantitative estimate of drug-likeness (QED) is 0.839. The fourth-order valence-electron chi connectivity index (χ4n) is 2.98. The first-order chi connectivity index (χ1) is 10.9. The van der Waals surface area contributed by atoms with Crippen molar-refractivity contribution in [1.29, 1.82) is 0 Å². The van der Waals surface area contributed by atoms with Gasteiger partial charge in [-0.25, -0.2) is 0 Å². The van der Waals surface area contributed by atoms with Crippen molar-refractivity contribution >= 4 is 28.9 Å². The summed E-state index contributed by atoms with van der Waals surface area (Å²) in [5.41, 5.74) is 0.00366. The summed E-state index contributed by atoms with van der Waals surface area (Å²) in [5, 5.41) is 11.8. The van der Waals surface area contributed by atoms with Crippen molar-refractivity contribution in [2.45, 2.75) is 17.0 Å². The highest BCUT2D eigenvalue weighted by Crippen LogP contribution is 2.60. The van der Waals surface area contributed by atoms with Crippen LogP contribution in [-0.2, 0) is 4.75 Å². The molecule has 2 aromatic rings. The molecule has 0 amide bonds. The maximum Gasteiger partial charge on any atom is 0.408 e. The van der Waals surface area contributed by atoms with Gasteiger partial charge < -0.3 is 5.11 Å². The maximum atomic E-state index is 14.0. The molecule has 1 fully saturated rings. The van der Waals surface area contributed by atoms with Gasteiger partial charge in [-0.3, -0.25) is 4.79 Å². The van der Waals surface area contributed by atoms with Crippen LogP contribution in [-0.4, -0.2) is 28.9 Å². The fourth-order valence-corrected chi connectivity index (χ4v) is 5.22. The molecular formula is C16H13F3O2S2. The van der Waals surface area contributed by atoms with Crippen LogP contribution in [0.3, 0.4) is 0 Å². The lowest BCUT2D eigenvalue weighted by atomic mass is 9.78. The van der Waals surface area contributed by atoms with Crippen LogP contribution in [0.15, 0.2) is 47.8 Å². The lowest BCUT2D eigenvalue weighted by Crippen LogP contribution is -2.49. The van der Waals surface area contributed by atoms with Gasteiger partial charge in [-0.2, -0.15) is 13.2 Å². The summed E-state index contributed by atoms with van der Waals surface area (Å²) < 4.78 is 39.7. The molecular weight excluding hydrogens is 345 g/mol. The van der Waals surface area contributed by atoms with Crippen LogP contribution < -0.4 is 0 Å². The molecule has 1 N–H and O–H groups in total. The third-order valence-electron chi connectivity index (χ3n) is 3.97. The number of rotatable bonds is 3. The van der Waals surface area contributed by atoms with E-state index in [-0.39, 0.29) is 16.2 Å². The van der Waals surface area contributed by atoms with Crippen LogP contribution >= 0.6 is 23.1 Å². The van der Waals surface area contributed by atoms with Crippen LogP contribution in [0, 0.1) is 5.92 Å². The highest BCUT2D eigenvalue weighted by atomic mass is 32.2. The summed E-state index contributed by atoms with van der Waals surface area (Å²) in [4.78, 5) is 12.9. The van der Waals surface area contributed by atoms with Crippen molar-refractivity contribution < 1.29 is 23.1 Å². The SMILES string of the molecule is O=C(c1cccs1)[C@@H]1[C@H](O)CS[C@@]1(c1ccccc1)C(F)(F)F. The molecule has 2 nitrogen and oxygen atoms in total. The van der Waals surface area contributed by atoms with Crippen LogP contribution in [0.4, 0.5) is 13.2 Å². The summed E-state index contributed by atoms with van der Waals surface area (Å²) in [7, 11) is 0. The molecule has 23 heavy (non-hydrogen) atoms. The molecule has 0 saturated carbocycles. The van der Waals surface area contributed by atoms with Crippen molar-refractivity contribution in [3.63, 3.8) is 0 Å². The number of aliphatic hydroxyl groups is 1. The number of ketones is 1. The Kier molecular flexibility index (Phi) is 4.29. The van der Waals surface area contributed by atoms with Crippen LogP contribution in [0.5, 0.6) is 0 Å². The van der Waals surface area contributed by atoms with Gasteiger partial charge in [0.15, 0.2) is 5.78 Å². The number of aliphatic hydroxyl groups excluding tert-OH is 1. The molecule has 3 atom stereocenters. The number of benzene rings is 1. The Morgan fingerprint density at radius 2 is 1.87 bits per heavy atom. The van der Waals surface area contributed by atoms with E-state index in [1.165, 1.54) is 30.3 Å². The standard InChI is InChI=1S/C16H13F3O2S2/c17-16(18,19)15(10-5-2-1-3-6-10)13(11(20)9-23-15)14(21)12-7-4-8-22-12/h1-8,11,13,20H,9H2/t11-,13+,15-/m1/s1. The molecule has 0 spiro atoms. The largest absolute Gasteiger partial charge is 0.408 e. The molecule has 2 heterocycles. The highest BCUT2D eigenvalue weighted by Gasteiger charge is 2.67. The molecule has 1 aromatic carbocycles. The van der Waals surface area contributed by atoms with Crippen molar-refractivity contribution in [2.24, 2.45) is 5.92 Å². The Hall–Kier alpha value is -1.31. The molecule has 122 valence electrons. The number of Topliss-reactive ketones (excluding diaryl/α,β-unsaturated/α-hetero) is 1. The van der Waals surface area contributed by atoms with E-state index in [0.717, 1.165) is 11.3 Å². The van der Waals surface area contributed by atoms with E-state index in [1.54, 1.807) is 17.5 Å². The van der Waals surface area contributed by atoms with Crippen molar-refractivity contribution in [3.05, 3.63) is 58.3 Å². The Morgan fingerprint density at radius 1 is 1.17 bits per heavy atom. The van der Waals surface area contributed by atoms with E-state index in [1.807, 2.05) is 0 Å². The Balaban J connectivity index is 2.16. The minimum atomic E-state index is -4.66. The number of carbonyl (C=O) groups is 1. The third kappa shape index (κ3) is 2.60. The van der Waals surface area contributed by atoms with Crippen LogP contribution in [0.2, 0.25) is 0 Å². The monoisotopic (exact) mass is 358 g/mol. The molecule has 0 unspecified atom stereocenters. The van der Waals surface area contributed by atoms with Gasteiger partial charge in [-0.05, 0) is 17.0 Å². The van der Waals surface area contributed by atoms with E-state index >= 15 is 0 Å². The molecule has 3 rings (SSSR count). The van der Waals surface area contributed by atoms with E-state index < -0.39 is 28.7 Å². The number of alkyl halides is 3. The molecule has 1 aliphatic rings. The lowest BCUT2D eigenvalue weighted by molar-refractivity contribution is -0.174.